The lowest BCUT2D eigenvalue weighted by Crippen LogP contribution is -2.01. The molecule has 0 fully saturated rings. The molecule has 6 heteroatoms. The van der Waals surface area contributed by atoms with E-state index in [9.17, 15) is 9.90 Å². The predicted octanol–water partition coefficient (Wildman–Crippen LogP) is 0.849. The van der Waals surface area contributed by atoms with E-state index in [2.05, 4.69) is 9.97 Å². The van der Waals surface area contributed by atoms with Crippen LogP contribution in [0.2, 0.25) is 0 Å². The Kier molecular flexibility index (Phi) is 2.65. The second-order valence-electron chi connectivity index (χ2n) is 3.04. The van der Waals surface area contributed by atoms with Crippen molar-refractivity contribution in [2.45, 2.75) is 6.10 Å². The molecule has 0 aliphatic rings. The molecular formula is C10H8N2O4. The maximum absolute atomic E-state index is 10.6. The first-order valence-corrected chi connectivity index (χ1v) is 4.45. The Hall–Kier alpha value is -2.21. The molecule has 0 bridgehead atoms. The molecule has 0 amide bonds. The number of carboxylic acid groups (broad SMARTS) is 1. The molecule has 16 heavy (non-hydrogen) atoms. The second-order valence-corrected chi connectivity index (χ2v) is 3.04. The molecule has 0 saturated carbocycles. The van der Waals surface area contributed by atoms with Gasteiger partial charge in [0.1, 0.15) is 12.1 Å². The van der Waals surface area contributed by atoms with Gasteiger partial charge >= 0.3 is 5.97 Å². The number of hydrogen-bond donors (Lipinski definition) is 2. The molecule has 0 aromatic carbocycles. The van der Waals surface area contributed by atoms with E-state index >= 15 is 0 Å². The van der Waals surface area contributed by atoms with Gasteiger partial charge in [-0.1, -0.05) is 0 Å². The Balaban J connectivity index is 2.27. The zero-order chi connectivity index (χ0) is 11.5. The molecule has 0 spiro atoms. The minimum absolute atomic E-state index is 0.135. The van der Waals surface area contributed by atoms with E-state index in [1.165, 1.54) is 30.7 Å². The van der Waals surface area contributed by atoms with Crippen LogP contribution >= 0.6 is 0 Å². The van der Waals surface area contributed by atoms with E-state index in [-0.39, 0.29) is 11.5 Å². The molecule has 2 aromatic heterocycles. The molecule has 0 saturated heterocycles. The van der Waals surface area contributed by atoms with Crippen LogP contribution in [0.25, 0.3) is 0 Å². The zero-order valence-electron chi connectivity index (χ0n) is 8.07. The van der Waals surface area contributed by atoms with Gasteiger partial charge in [-0.3, -0.25) is 0 Å². The van der Waals surface area contributed by atoms with Crippen LogP contribution < -0.4 is 0 Å². The third kappa shape index (κ3) is 1.91. The van der Waals surface area contributed by atoms with E-state index in [0.29, 0.717) is 5.69 Å². The number of nitrogens with zero attached hydrogens (tertiary/aromatic N) is 2. The van der Waals surface area contributed by atoms with Gasteiger partial charge in [0, 0.05) is 6.20 Å². The number of furan rings is 1. The first kappa shape index (κ1) is 10.3. The third-order valence-corrected chi connectivity index (χ3v) is 1.99. The second kappa shape index (κ2) is 4.11. The molecule has 2 aromatic rings. The summed E-state index contributed by atoms with van der Waals surface area (Å²) < 4.78 is 4.95. The van der Waals surface area contributed by atoms with Crippen LogP contribution in [0.3, 0.4) is 0 Å². The topological polar surface area (TPSA) is 96.5 Å². The van der Waals surface area contributed by atoms with Crippen molar-refractivity contribution in [1.82, 2.24) is 9.97 Å². The summed E-state index contributed by atoms with van der Waals surface area (Å²) in [5, 5.41) is 18.5. The molecule has 0 aliphatic heterocycles. The normalized spacial score (nSPS) is 12.3. The SMILES string of the molecule is O=C(O)c1ccc(C(O)c2ccncn2)o1. The highest BCUT2D eigenvalue weighted by atomic mass is 16.4. The number of carboxylic acids is 1. The van der Waals surface area contributed by atoms with Gasteiger partial charge in [-0.05, 0) is 18.2 Å². The number of hydrogen-bond acceptors (Lipinski definition) is 5. The van der Waals surface area contributed by atoms with E-state index in [4.69, 9.17) is 9.52 Å². The largest absolute Gasteiger partial charge is 0.475 e. The number of carbonyl (C=O) groups is 1. The fraction of sp³-hybridized carbons (Fsp3) is 0.100. The Morgan fingerprint density at radius 2 is 2.19 bits per heavy atom. The Bertz CT molecular complexity index is 495. The average molecular weight is 220 g/mol. The van der Waals surface area contributed by atoms with E-state index in [1.54, 1.807) is 0 Å². The highest BCUT2D eigenvalue weighted by molar-refractivity contribution is 5.84. The molecule has 82 valence electrons. The average Bonchev–Trinajstić information content (AvgIpc) is 2.78. The lowest BCUT2D eigenvalue weighted by Gasteiger charge is -2.05. The van der Waals surface area contributed by atoms with Crippen LogP contribution in [0.1, 0.15) is 28.1 Å². The van der Waals surface area contributed by atoms with E-state index < -0.39 is 12.1 Å². The fourth-order valence-corrected chi connectivity index (χ4v) is 1.22. The van der Waals surface area contributed by atoms with Crippen LogP contribution in [0.4, 0.5) is 0 Å². The van der Waals surface area contributed by atoms with Crippen molar-refractivity contribution < 1.29 is 19.4 Å². The zero-order valence-corrected chi connectivity index (χ0v) is 8.07. The van der Waals surface area contributed by atoms with Gasteiger partial charge in [-0.2, -0.15) is 0 Å². The Morgan fingerprint density at radius 3 is 2.75 bits per heavy atom. The Morgan fingerprint density at radius 1 is 1.38 bits per heavy atom. The molecule has 1 atom stereocenters. The van der Waals surface area contributed by atoms with Gasteiger partial charge in [-0.15, -0.1) is 0 Å². The first-order chi connectivity index (χ1) is 7.68. The maximum atomic E-state index is 10.6. The quantitative estimate of drug-likeness (QED) is 0.795. The third-order valence-electron chi connectivity index (χ3n) is 1.99. The first-order valence-electron chi connectivity index (χ1n) is 4.45. The molecule has 6 nitrogen and oxygen atoms in total. The molecule has 2 N–H and O–H groups in total. The van der Waals surface area contributed by atoms with Crippen molar-refractivity contribution in [3.63, 3.8) is 0 Å². The predicted molar refractivity (Wildman–Crippen MR) is 51.8 cm³/mol. The van der Waals surface area contributed by atoms with Crippen LogP contribution in [-0.4, -0.2) is 26.2 Å². The molecular weight excluding hydrogens is 212 g/mol. The number of aliphatic hydroxyl groups excluding tert-OH is 1. The van der Waals surface area contributed by atoms with Gasteiger partial charge in [-0.25, -0.2) is 14.8 Å². The summed E-state index contributed by atoms with van der Waals surface area (Å²) in [5.41, 5.74) is 0.348. The summed E-state index contributed by atoms with van der Waals surface area (Å²) in [6.45, 7) is 0. The summed E-state index contributed by atoms with van der Waals surface area (Å²) in [6.07, 6.45) is 1.68. The number of aromatic carboxylic acids is 1. The molecule has 0 radical (unpaired) electrons. The van der Waals surface area contributed by atoms with Gasteiger partial charge in [0.25, 0.3) is 0 Å². The molecule has 2 heterocycles. The van der Waals surface area contributed by atoms with E-state index in [0.717, 1.165) is 0 Å². The smallest absolute Gasteiger partial charge is 0.371 e. The summed E-state index contributed by atoms with van der Waals surface area (Å²) >= 11 is 0. The summed E-state index contributed by atoms with van der Waals surface area (Å²) in [5.74, 6) is -1.26. The molecule has 2 rings (SSSR count). The minimum atomic E-state index is -1.18. The summed E-state index contributed by atoms with van der Waals surface area (Å²) in [7, 11) is 0. The number of aliphatic hydroxyl groups is 1. The summed E-state index contributed by atoms with van der Waals surface area (Å²) in [4.78, 5) is 18.1. The van der Waals surface area contributed by atoms with Crippen LogP contribution in [0.15, 0.2) is 35.1 Å². The van der Waals surface area contributed by atoms with Crippen molar-refractivity contribution in [3.8, 4) is 0 Å². The molecule has 1 unspecified atom stereocenters. The standard InChI is InChI=1S/C10H8N2O4/c13-9(6-3-4-11-5-12-6)7-1-2-8(16-7)10(14)15/h1-5,9,13H,(H,14,15). The maximum Gasteiger partial charge on any atom is 0.371 e. The minimum Gasteiger partial charge on any atom is -0.475 e. The van der Waals surface area contributed by atoms with E-state index in [1.807, 2.05) is 0 Å². The summed E-state index contributed by atoms with van der Waals surface area (Å²) in [6, 6.07) is 4.20. The Labute approximate surface area is 90.2 Å². The number of rotatable bonds is 3. The van der Waals surface area contributed by atoms with Crippen molar-refractivity contribution in [2.24, 2.45) is 0 Å². The monoisotopic (exact) mass is 220 g/mol. The van der Waals surface area contributed by atoms with Gasteiger partial charge < -0.3 is 14.6 Å². The van der Waals surface area contributed by atoms with Crippen molar-refractivity contribution in [2.75, 3.05) is 0 Å². The fourth-order valence-electron chi connectivity index (χ4n) is 1.22. The highest BCUT2D eigenvalue weighted by Crippen LogP contribution is 2.21. The van der Waals surface area contributed by atoms with Gasteiger partial charge in [0.15, 0.2) is 6.10 Å². The van der Waals surface area contributed by atoms with Crippen molar-refractivity contribution in [1.29, 1.82) is 0 Å². The van der Waals surface area contributed by atoms with Crippen molar-refractivity contribution in [3.05, 3.63) is 47.9 Å². The highest BCUT2D eigenvalue weighted by Gasteiger charge is 2.17. The van der Waals surface area contributed by atoms with Crippen LogP contribution in [-0.2, 0) is 0 Å². The van der Waals surface area contributed by atoms with Crippen molar-refractivity contribution >= 4 is 5.97 Å². The van der Waals surface area contributed by atoms with Crippen LogP contribution in [0.5, 0.6) is 0 Å². The lowest BCUT2D eigenvalue weighted by atomic mass is 10.2. The van der Waals surface area contributed by atoms with Gasteiger partial charge in [0.05, 0.1) is 5.69 Å². The molecule has 0 aliphatic carbocycles. The number of aromatic nitrogens is 2. The van der Waals surface area contributed by atoms with Crippen LogP contribution in [0, 0.1) is 0 Å². The lowest BCUT2D eigenvalue weighted by molar-refractivity contribution is 0.0654. The van der Waals surface area contributed by atoms with Gasteiger partial charge in [0.2, 0.25) is 5.76 Å².